The first-order valence-corrected chi connectivity index (χ1v) is 11.7. The molecule has 1 N–H and O–H groups in total. The van der Waals surface area contributed by atoms with Gasteiger partial charge in [-0.1, -0.05) is 12.8 Å². The van der Waals surface area contributed by atoms with E-state index in [1.165, 1.54) is 45.1 Å². The predicted molar refractivity (Wildman–Crippen MR) is 118 cm³/mol. The first-order valence-electron chi connectivity index (χ1n) is 11.7. The molecule has 29 heavy (non-hydrogen) atoms. The molecular weight excluding hydrogens is 362 g/mol. The Morgan fingerprint density at radius 2 is 1.86 bits per heavy atom. The SMILES string of the molecule is CC1CCCN1CCCOc1ccc(N2C(=O)CCC2CNC2CCCC2)cc1. The summed E-state index contributed by atoms with van der Waals surface area (Å²) in [6, 6.07) is 9.77. The lowest BCUT2D eigenvalue weighted by Gasteiger charge is -2.27. The number of likely N-dealkylation sites (tertiary alicyclic amines) is 1. The fourth-order valence-corrected chi connectivity index (χ4v) is 5.21. The lowest BCUT2D eigenvalue weighted by molar-refractivity contribution is -0.117. The van der Waals surface area contributed by atoms with Gasteiger partial charge in [-0.2, -0.15) is 0 Å². The Labute approximate surface area is 175 Å². The summed E-state index contributed by atoms with van der Waals surface area (Å²) in [6.07, 6.45) is 10.6. The molecule has 2 unspecified atom stereocenters. The highest BCUT2D eigenvalue weighted by molar-refractivity contribution is 5.96. The summed E-state index contributed by atoms with van der Waals surface area (Å²) in [5.74, 6) is 1.15. The molecule has 5 heteroatoms. The molecule has 1 amide bonds. The summed E-state index contributed by atoms with van der Waals surface area (Å²) in [5, 5.41) is 3.69. The smallest absolute Gasteiger partial charge is 0.227 e. The van der Waals surface area contributed by atoms with Gasteiger partial charge in [0, 0.05) is 43.3 Å². The van der Waals surface area contributed by atoms with Crippen molar-refractivity contribution in [2.24, 2.45) is 0 Å². The van der Waals surface area contributed by atoms with Crippen LogP contribution in [0.3, 0.4) is 0 Å². The third kappa shape index (κ3) is 5.32. The lowest BCUT2D eigenvalue weighted by atomic mass is 10.1. The van der Waals surface area contributed by atoms with E-state index in [1.807, 2.05) is 29.2 Å². The zero-order valence-electron chi connectivity index (χ0n) is 17.9. The second-order valence-electron chi connectivity index (χ2n) is 9.07. The van der Waals surface area contributed by atoms with Gasteiger partial charge < -0.3 is 19.9 Å². The summed E-state index contributed by atoms with van der Waals surface area (Å²) in [4.78, 5) is 17.1. The molecule has 0 bridgehead atoms. The van der Waals surface area contributed by atoms with Crippen molar-refractivity contribution >= 4 is 11.6 Å². The van der Waals surface area contributed by atoms with Gasteiger partial charge >= 0.3 is 0 Å². The summed E-state index contributed by atoms with van der Waals surface area (Å²) in [5.41, 5.74) is 1.00. The maximum Gasteiger partial charge on any atom is 0.227 e. The Hall–Kier alpha value is -1.59. The second kappa shape index (κ2) is 9.94. The first-order chi connectivity index (χ1) is 14.2. The Morgan fingerprint density at radius 3 is 2.59 bits per heavy atom. The highest BCUT2D eigenvalue weighted by atomic mass is 16.5. The number of carbonyl (C=O) groups is 1. The van der Waals surface area contributed by atoms with Gasteiger partial charge in [0.25, 0.3) is 0 Å². The molecule has 1 saturated carbocycles. The van der Waals surface area contributed by atoms with Gasteiger partial charge in [-0.05, 0) is 76.3 Å². The average molecular weight is 400 g/mol. The van der Waals surface area contributed by atoms with Crippen LogP contribution in [0, 0.1) is 0 Å². The largest absolute Gasteiger partial charge is 0.494 e. The summed E-state index contributed by atoms with van der Waals surface area (Å²) >= 11 is 0. The molecule has 0 spiro atoms. The van der Waals surface area contributed by atoms with E-state index >= 15 is 0 Å². The van der Waals surface area contributed by atoms with Crippen LogP contribution in [0.5, 0.6) is 5.75 Å². The third-order valence-electron chi connectivity index (χ3n) is 6.99. The minimum absolute atomic E-state index is 0.247. The molecule has 2 aliphatic heterocycles. The van der Waals surface area contributed by atoms with Crippen molar-refractivity contribution in [1.29, 1.82) is 0 Å². The van der Waals surface area contributed by atoms with Gasteiger partial charge in [0.1, 0.15) is 5.75 Å². The first kappa shape index (κ1) is 20.7. The van der Waals surface area contributed by atoms with Crippen LogP contribution in [-0.4, -0.2) is 55.2 Å². The predicted octanol–water partition coefficient (Wildman–Crippen LogP) is 3.97. The van der Waals surface area contributed by atoms with Gasteiger partial charge in [-0.3, -0.25) is 4.79 Å². The molecule has 0 aromatic heterocycles. The number of anilines is 1. The average Bonchev–Trinajstić information content (AvgIpc) is 3.47. The summed E-state index contributed by atoms with van der Waals surface area (Å²) < 4.78 is 5.94. The lowest BCUT2D eigenvalue weighted by Crippen LogP contribution is -2.42. The minimum Gasteiger partial charge on any atom is -0.494 e. The normalized spacial score (nSPS) is 26.0. The van der Waals surface area contributed by atoms with Crippen LogP contribution in [-0.2, 0) is 4.79 Å². The van der Waals surface area contributed by atoms with Crippen molar-refractivity contribution in [3.05, 3.63) is 24.3 Å². The van der Waals surface area contributed by atoms with Crippen LogP contribution in [0.15, 0.2) is 24.3 Å². The van der Waals surface area contributed by atoms with E-state index in [4.69, 9.17) is 4.74 Å². The van der Waals surface area contributed by atoms with Crippen molar-refractivity contribution in [3.8, 4) is 5.75 Å². The number of amides is 1. The second-order valence-corrected chi connectivity index (χ2v) is 9.07. The van der Waals surface area contributed by atoms with E-state index < -0.39 is 0 Å². The van der Waals surface area contributed by atoms with Gasteiger partial charge in [0.2, 0.25) is 5.91 Å². The van der Waals surface area contributed by atoms with Crippen molar-refractivity contribution in [3.63, 3.8) is 0 Å². The monoisotopic (exact) mass is 399 g/mol. The Morgan fingerprint density at radius 1 is 1.07 bits per heavy atom. The number of rotatable bonds is 9. The zero-order chi connectivity index (χ0) is 20.1. The number of nitrogens with one attached hydrogen (secondary N) is 1. The van der Waals surface area contributed by atoms with Gasteiger partial charge in [0.05, 0.1) is 6.61 Å². The number of ether oxygens (including phenoxy) is 1. The minimum atomic E-state index is 0.247. The van der Waals surface area contributed by atoms with Gasteiger partial charge in [-0.15, -0.1) is 0 Å². The van der Waals surface area contributed by atoms with Gasteiger partial charge in [0.15, 0.2) is 0 Å². The van der Waals surface area contributed by atoms with Crippen LogP contribution >= 0.6 is 0 Å². The van der Waals surface area contributed by atoms with E-state index in [1.54, 1.807) is 0 Å². The maximum absolute atomic E-state index is 12.5. The Balaban J connectivity index is 1.25. The molecule has 3 fully saturated rings. The molecule has 1 aromatic carbocycles. The van der Waals surface area contributed by atoms with Crippen molar-refractivity contribution in [1.82, 2.24) is 10.2 Å². The van der Waals surface area contributed by atoms with Crippen molar-refractivity contribution in [2.75, 3.05) is 31.1 Å². The van der Waals surface area contributed by atoms with Crippen LogP contribution in [0.1, 0.15) is 64.7 Å². The highest BCUT2D eigenvalue weighted by Crippen LogP contribution is 2.29. The Bertz CT molecular complexity index is 657. The van der Waals surface area contributed by atoms with Crippen LogP contribution in [0.2, 0.25) is 0 Å². The highest BCUT2D eigenvalue weighted by Gasteiger charge is 2.32. The molecular formula is C24H37N3O2. The molecule has 3 aliphatic rings. The number of benzene rings is 1. The van der Waals surface area contributed by atoms with Crippen LogP contribution in [0.4, 0.5) is 5.69 Å². The fraction of sp³-hybridized carbons (Fsp3) is 0.708. The van der Waals surface area contributed by atoms with E-state index in [0.717, 1.165) is 50.0 Å². The van der Waals surface area contributed by atoms with E-state index in [2.05, 4.69) is 17.1 Å². The van der Waals surface area contributed by atoms with E-state index in [0.29, 0.717) is 12.5 Å². The number of hydrogen-bond donors (Lipinski definition) is 1. The summed E-state index contributed by atoms with van der Waals surface area (Å²) in [6.45, 7) is 6.33. The molecule has 2 atom stereocenters. The number of hydrogen-bond acceptors (Lipinski definition) is 4. The third-order valence-corrected chi connectivity index (χ3v) is 6.99. The van der Waals surface area contributed by atoms with Gasteiger partial charge in [-0.25, -0.2) is 0 Å². The molecule has 2 heterocycles. The molecule has 5 nitrogen and oxygen atoms in total. The number of nitrogens with zero attached hydrogens (tertiary/aromatic N) is 2. The Kier molecular flexibility index (Phi) is 7.09. The quantitative estimate of drug-likeness (QED) is 0.638. The van der Waals surface area contributed by atoms with Crippen LogP contribution in [0.25, 0.3) is 0 Å². The topological polar surface area (TPSA) is 44.8 Å². The van der Waals surface area contributed by atoms with Crippen molar-refractivity contribution < 1.29 is 9.53 Å². The molecule has 1 aromatic rings. The van der Waals surface area contributed by atoms with Crippen molar-refractivity contribution in [2.45, 2.75) is 82.8 Å². The van der Waals surface area contributed by atoms with E-state index in [-0.39, 0.29) is 11.9 Å². The molecule has 1 aliphatic carbocycles. The molecule has 160 valence electrons. The standard InChI is InChI=1S/C24H37N3O2/c1-19-6-4-15-26(19)16-5-17-29-23-12-9-21(10-13-23)27-22(11-14-24(27)28)18-25-20-7-2-3-8-20/h9-10,12-13,19-20,22,25H,2-8,11,14-18H2,1H3. The molecule has 0 radical (unpaired) electrons. The molecule has 4 rings (SSSR count). The maximum atomic E-state index is 12.5. The fourth-order valence-electron chi connectivity index (χ4n) is 5.21. The number of carbonyl (C=O) groups excluding carboxylic acids is 1. The summed E-state index contributed by atoms with van der Waals surface area (Å²) in [7, 11) is 0. The van der Waals surface area contributed by atoms with Crippen LogP contribution < -0.4 is 15.0 Å². The van der Waals surface area contributed by atoms with E-state index in [9.17, 15) is 4.79 Å². The molecule has 2 saturated heterocycles. The zero-order valence-corrected chi connectivity index (χ0v) is 17.9.